The van der Waals surface area contributed by atoms with Crippen LogP contribution in [0.2, 0.25) is 10.0 Å². The van der Waals surface area contributed by atoms with Gasteiger partial charge in [-0.15, -0.1) is 0 Å². The lowest BCUT2D eigenvalue weighted by atomic mass is 10.1. The van der Waals surface area contributed by atoms with E-state index in [9.17, 15) is 0 Å². The van der Waals surface area contributed by atoms with Gasteiger partial charge in [-0.1, -0.05) is 23.2 Å². The summed E-state index contributed by atoms with van der Waals surface area (Å²) >= 11 is 11.5. The zero-order chi connectivity index (χ0) is 8.43. The molecular weight excluding hydrogens is 181 g/mol. The normalized spacial score (nSPS) is 9.73. The van der Waals surface area contributed by atoms with E-state index >= 15 is 0 Å². The van der Waals surface area contributed by atoms with Crippen LogP contribution in [-0.2, 0) is 0 Å². The minimum Gasteiger partial charge on any atom is -0.258 e. The van der Waals surface area contributed by atoms with Gasteiger partial charge in [0, 0.05) is 22.5 Å². The van der Waals surface area contributed by atoms with Gasteiger partial charge in [0.25, 0.3) is 0 Å². The first-order valence-electron chi connectivity index (χ1n) is 3.15. The van der Waals surface area contributed by atoms with Crippen LogP contribution >= 0.6 is 23.2 Å². The third-order valence-electron chi connectivity index (χ3n) is 1.32. The fraction of sp³-hybridized carbons (Fsp3) is 0.125. The molecule has 0 saturated heterocycles. The smallest absolute Gasteiger partial charge is 0.177 e. The Morgan fingerprint density at radius 2 is 1.64 bits per heavy atom. The van der Waals surface area contributed by atoms with E-state index in [4.69, 9.17) is 28.6 Å². The number of rotatable bonds is 1. The van der Waals surface area contributed by atoms with Crippen LogP contribution in [-0.4, -0.2) is 5.71 Å². The molecule has 0 atom stereocenters. The summed E-state index contributed by atoms with van der Waals surface area (Å²) < 4.78 is 0. The van der Waals surface area contributed by atoms with Crippen molar-refractivity contribution in [1.29, 1.82) is 0 Å². The molecule has 0 aliphatic rings. The molecule has 0 spiro atoms. The predicted octanol–water partition coefficient (Wildman–Crippen LogP) is 1.56. The average Bonchev–Trinajstić information content (AvgIpc) is 1.85. The summed E-state index contributed by atoms with van der Waals surface area (Å²) in [5.74, 6) is 0. The van der Waals surface area contributed by atoms with Crippen molar-refractivity contribution in [1.82, 2.24) is 0 Å². The lowest BCUT2D eigenvalue weighted by Gasteiger charge is -1.96. The second-order valence-corrected chi connectivity index (χ2v) is 3.21. The minimum atomic E-state index is 0.609. The van der Waals surface area contributed by atoms with E-state index in [-0.39, 0.29) is 0 Å². The van der Waals surface area contributed by atoms with E-state index in [0.717, 1.165) is 11.3 Å². The highest BCUT2D eigenvalue weighted by atomic mass is 35.5. The minimum absolute atomic E-state index is 0.609. The Hall–Kier alpha value is -0.530. The van der Waals surface area contributed by atoms with Crippen molar-refractivity contribution in [2.75, 3.05) is 0 Å². The highest BCUT2D eigenvalue weighted by Gasteiger charge is 2.02. The Morgan fingerprint density at radius 1 is 1.18 bits per heavy atom. The van der Waals surface area contributed by atoms with Crippen LogP contribution < -0.4 is 5.41 Å². The SMILES string of the molecule is CC(=[NH2+])c1cc(Cl)cc(Cl)c1. The molecule has 11 heavy (non-hydrogen) atoms. The third kappa shape index (κ3) is 2.21. The Labute approximate surface area is 75.5 Å². The summed E-state index contributed by atoms with van der Waals surface area (Å²) in [4.78, 5) is 0. The Morgan fingerprint density at radius 3 is 2.00 bits per heavy atom. The van der Waals surface area contributed by atoms with Crippen LogP contribution in [0.25, 0.3) is 0 Å². The molecule has 1 rings (SSSR count). The number of nitrogens with two attached hydrogens (primary N) is 1. The van der Waals surface area contributed by atoms with Gasteiger partial charge in [0.15, 0.2) is 5.71 Å². The molecule has 0 aliphatic heterocycles. The summed E-state index contributed by atoms with van der Waals surface area (Å²) in [5.41, 5.74) is 1.59. The lowest BCUT2D eigenvalue weighted by molar-refractivity contribution is -0.113. The summed E-state index contributed by atoms with van der Waals surface area (Å²) in [5, 5.41) is 6.77. The van der Waals surface area contributed by atoms with Gasteiger partial charge in [0.05, 0.1) is 0 Å². The molecule has 0 unspecified atom stereocenters. The maximum absolute atomic E-state index is 5.74. The van der Waals surface area contributed by atoms with E-state index in [2.05, 4.69) is 0 Å². The summed E-state index contributed by atoms with van der Waals surface area (Å²) in [6.07, 6.45) is 0. The lowest BCUT2D eigenvalue weighted by Crippen LogP contribution is -2.38. The van der Waals surface area contributed by atoms with Crippen molar-refractivity contribution < 1.29 is 5.41 Å². The molecule has 0 amide bonds. The molecule has 0 bridgehead atoms. The number of hydrogen-bond acceptors (Lipinski definition) is 0. The molecule has 1 aromatic carbocycles. The monoisotopic (exact) mass is 188 g/mol. The molecule has 58 valence electrons. The molecule has 1 aromatic rings. The molecule has 1 nitrogen and oxygen atoms in total. The summed E-state index contributed by atoms with van der Waals surface area (Å²) in [6, 6.07) is 5.24. The first kappa shape index (κ1) is 8.57. The predicted molar refractivity (Wildman–Crippen MR) is 48.2 cm³/mol. The van der Waals surface area contributed by atoms with Gasteiger partial charge < -0.3 is 0 Å². The van der Waals surface area contributed by atoms with Crippen molar-refractivity contribution in [2.45, 2.75) is 6.92 Å². The molecule has 0 aromatic heterocycles. The van der Waals surface area contributed by atoms with E-state index in [0.29, 0.717) is 10.0 Å². The fourth-order valence-electron chi connectivity index (χ4n) is 0.782. The van der Waals surface area contributed by atoms with E-state index in [1.54, 1.807) is 18.2 Å². The van der Waals surface area contributed by atoms with E-state index in [1.165, 1.54) is 0 Å². The summed E-state index contributed by atoms with van der Waals surface area (Å²) in [7, 11) is 0. The number of halogens is 2. The molecule has 0 heterocycles. The zero-order valence-electron chi connectivity index (χ0n) is 6.07. The largest absolute Gasteiger partial charge is 0.258 e. The maximum Gasteiger partial charge on any atom is 0.177 e. The molecule has 3 heteroatoms. The summed E-state index contributed by atoms with van der Waals surface area (Å²) in [6.45, 7) is 1.81. The number of hydrogen-bond donors (Lipinski definition) is 1. The quantitative estimate of drug-likeness (QED) is 0.648. The maximum atomic E-state index is 5.74. The van der Waals surface area contributed by atoms with Gasteiger partial charge in [0.1, 0.15) is 0 Å². The topological polar surface area (TPSA) is 25.6 Å². The first-order chi connectivity index (χ1) is 5.09. The standard InChI is InChI=1S/C8H7Cl2N/c1-5(11)6-2-7(9)4-8(10)3-6/h2-4,11H,1H3/p+1. The Kier molecular flexibility index (Phi) is 2.53. The van der Waals surface area contributed by atoms with Crippen molar-refractivity contribution in [3.05, 3.63) is 33.8 Å². The van der Waals surface area contributed by atoms with Crippen LogP contribution in [0.15, 0.2) is 18.2 Å². The number of benzene rings is 1. The van der Waals surface area contributed by atoms with Crippen LogP contribution in [0.3, 0.4) is 0 Å². The zero-order valence-corrected chi connectivity index (χ0v) is 7.58. The van der Waals surface area contributed by atoms with E-state index in [1.807, 2.05) is 6.92 Å². The third-order valence-corrected chi connectivity index (χ3v) is 1.75. The van der Waals surface area contributed by atoms with Gasteiger partial charge in [-0.2, -0.15) is 0 Å². The highest BCUT2D eigenvalue weighted by Crippen LogP contribution is 2.18. The fourth-order valence-corrected chi connectivity index (χ4v) is 1.31. The van der Waals surface area contributed by atoms with Gasteiger partial charge in [-0.25, -0.2) is 0 Å². The van der Waals surface area contributed by atoms with Crippen molar-refractivity contribution in [3.8, 4) is 0 Å². The average molecular weight is 189 g/mol. The Bertz CT molecular complexity index is 274. The van der Waals surface area contributed by atoms with Crippen LogP contribution in [0.4, 0.5) is 0 Å². The van der Waals surface area contributed by atoms with Gasteiger partial charge >= 0.3 is 0 Å². The van der Waals surface area contributed by atoms with Gasteiger partial charge in [-0.3, -0.25) is 5.41 Å². The van der Waals surface area contributed by atoms with Gasteiger partial charge in [-0.05, 0) is 18.2 Å². The molecular formula is C8H8Cl2N+. The van der Waals surface area contributed by atoms with Crippen molar-refractivity contribution in [3.63, 3.8) is 0 Å². The van der Waals surface area contributed by atoms with Crippen LogP contribution in [0, 0.1) is 0 Å². The molecule has 0 aliphatic carbocycles. The Balaban J connectivity index is 3.19. The van der Waals surface area contributed by atoms with Crippen LogP contribution in [0.5, 0.6) is 0 Å². The van der Waals surface area contributed by atoms with Crippen LogP contribution in [0.1, 0.15) is 12.5 Å². The second kappa shape index (κ2) is 3.24. The van der Waals surface area contributed by atoms with E-state index < -0.39 is 0 Å². The molecule has 0 fully saturated rings. The molecule has 2 N–H and O–H groups in total. The molecule has 0 radical (unpaired) electrons. The van der Waals surface area contributed by atoms with Gasteiger partial charge in [0.2, 0.25) is 0 Å². The molecule has 0 saturated carbocycles. The van der Waals surface area contributed by atoms with Crippen molar-refractivity contribution in [2.24, 2.45) is 0 Å². The first-order valence-corrected chi connectivity index (χ1v) is 3.90. The van der Waals surface area contributed by atoms with Crippen molar-refractivity contribution >= 4 is 28.9 Å². The highest BCUT2D eigenvalue weighted by molar-refractivity contribution is 6.35. The second-order valence-electron chi connectivity index (χ2n) is 2.34.